The minimum atomic E-state index is -3.02. The molecular formula is C25H20NO2PS. The monoisotopic (exact) mass is 429 g/mol. The van der Waals surface area contributed by atoms with E-state index >= 15 is 0 Å². The van der Waals surface area contributed by atoms with Gasteiger partial charge >= 0.3 is 0 Å². The fourth-order valence-electron chi connectivity index (χ4n) is 3.07. The van der Waals surface area contributed by atoms with Gasteiger partial charge in [0.25, 0.3) is 5.91 Å². The van der Waals surface area contributed by atoms with Crippen LogP contribution in [0.3, 0.4) is 0 Å². The van der Waals surface area contributed by atoms with Crippen molar-refractivity contribution in [1.82, 2.24) is 0 Å². The lowest BCUT2D eigenvalue weighted by atomic mass is 10.2. The van der Waals surface area contributed by atoms with Crippen LogP contribution in [0.1, 0.15) is 10.4 Å². The third-order valence-corrected chi connectivity index (χ3v) is 9.98. The fraction of sp³-hybridized carbons (Fsp3) is 0. The number of hydrogen-bond donors (Lipinski definition) is 1. The van der Waals surface area contributed by atoms with Gasteiger partial charge in [0.2, 0.25) is 0 Å². The fourth-order valence-corrected chi connectivity index (χ4v) is 8.02. The lowest BCUT2D eigenvalue weighted by Crippen LogP contribution is -2.14. The molecule has 5 heteroatoms. The highest BCUT2D eigenvalue weighted by atomic mass is 32.7. The van der Waals surface area contributed by atoms with Crippen LogP contribution in [-0.2, 0) is 4.57 Å². The molecule has 4 aromatic rings. The quantitative estimate of drug-likeness (QED) is 0.385. The Bertz CT molecular complexity index is 1140. The third kappa shape index (κ3) is 4.40. The molecule has 0 saturated carbocycles. The molecule has 0 aliphatic carbocycles. The summed E-state index contributed by atoms with van der Waals surface area (Å²) >= 11 is 1.30. The highest BCUT2D eigenvalue weighted by Crippen LogP contribution is 2.60. The molecule has 0 radical (unpaired) electrons. The Labute approximate surface area is 180 Å². The molecule has 0 saturated heterocycles. The van der Waals surface area contributed by atoms with E-state index in [9.17, 15) is 9.36 Å². The number of rotatable bonds is 6. The van der Waals surface area contributed by atoms with Crippen molar-refractivity contribution in [1.29, 1.82) is 0 Å². The van der Waals surface area contributed by atoms with Gasteiger partial charge in [0.05, 0.1) is 5.69 Å². The topological polar surface area (TPSA) is 46.2 Å². The molecule has 4 aromatic carbocycles. The molecule has 0 bridgehead atoms. The highest BCUT2D eigenvalue weighted by molar-refractivity contribution is 8.62. The maximum Gasteiger partial charge on any atom is 0.255 e. The van der Waals surface area contributed by atoms with Gasteiger partial charge in [-0.2, -0.15) is 0 Å². The van der Waals surface area contributed by atoms with Crippen molar-refractivity contribution in [3.63, 3.8) is 0 Å². The maximum absolute atomic E-state index is 14.3. The number of para-hydroxylation sites is 1. The standard InChI is InChI=1S/C25H20NO2PS/c27-25(20-12-4-1-5-13-20)26-23-18-10-11-19-24(23)30-29(28,21-14-6-2-7-15-21)22-16-8-3-9-17-22/h1-19H,(H,26,27). The molecule has 0 aliphatic heterocycles. The van der Waals surface area contributed by atoms with Crippen LogP contribution in [0.4, 0.5) is 5.69 Å². The third-order valence-electron chi connectivity index (χ3n) is 4.59. The number of anilines is 1. The highest BCUT2D eigenvalue weighted by Gasteiger charge is 2.29. The number of carbonyl (C=O) groups is 1. The Hall–Kier alpha value is -3.07. The first-order chi connectivity index (χ1) is 14.7. The average Bonchev–Trinajstić information content (AvgIpc) is 2.82. The summed E-state index contributed by atoms with van der Waals surface area (Å²) < 4.78 is 14.3. The Balaban J connectivity index is 1.71. The van der Waals surface area contributed by atoms with E-state index in [1.807, 2.05) is 103 Å². The predicted molar refractivity (Wildman–Crippen MR) is 126 cm³/mol. The lowest BCUT2D eigenvalue weighted by Gasteiger charge is -2.20. The summed E-state index contributed by atoms with van der Waals surface area (Å²) in [4.78, 5) is 13.4. The van der Waals surface area contributed by atoms with Crippen LogP contribution in [0.25, 0.3) is 0 Å². The summed E-state index contributed by atoms with van der Waals surface area (Å²) in [6, 6.07) is 35.5. The van der Waals surface area contributed by atoms with Gasteiger partial charge in [0.1, 0.15) is 0 Å². The Morgan fingerprint density at radius 3 is 1.67 bits per heavy atom. The summed E-state index contributed by atoms with van der Waals surface area (Å²) in [6.45, 7) is 0. The first-order valence-corrected chi connectivity index (χ1v) is 12.7. The summed E-state index contributed by atoms with van der Waals surface area (Å²) in [5.74, 6) is -0.196. The van der Waals surface area contributed by atoms with Crippen molar-refractivity contribution in [3.05, 3.63) is 121 Å². The van der Waals surface area contributed by atoms with Gasteiger partial charge in [-0.15, -0.1) is 0 Å². The van der Waals surface area contributed by atoms with Crippen molar-refractivity contribution in [2.45, 2.75) is 4.90 Å². The van der Waals surface area contributed by atoms with Gasteiger partial charge in [-0.1, -0.05) is 91.0 Å². The maximum atomic E-state index is 14.3. The predicted octanol–water partition coefficient (Wildman–Crippen LogP) is 5.96. The van der Waals surface area contributed by atoms with E-state index < -0.39 is 6.34 Å². The Morgan fingerprint density at radius 1 is 0.633 bits per heavy atom. The zero-order valence-corrected chi connectivity index (χ0v) is 17.9. The zero-order chi connectivity index (χ0) is 20.8. The molecule has 30 heavy (non-hydrogen) atoms. The molecule has 0 atom stereocenters. The average molecular weight is 429 g/mol. The first kappa shape index (κ1) is 20.2. The van der Waals surface area contributed by atoms with E-state index in [0.717, 1.165) is 15.5 Å². The van der Waals surface area contributed by atoms with Crippen LogP contribution in [0, 0.1) is 0 Å². The van der Waals surface area contributed by atoms with Gasteiger partial charge in [-0.05, 0) is 35.6 Å². The van der Waals surface area contributed by atoms with E-state index in [0.29, 0.717) is 11.3 Å². The van der Waals surface area contributed by atoms with E-state index in [1.165, 1.54) is 11.4 Å². The van der Waals surface area contributed by atoms with Crippen molar-refractivity contribution >= 4 is 39.9 Å². The SMILES string of the molecule is O=C(Nc1ccccc1SP(=O)(c1ccccc1)c1ccccc1)c1ccccc1. The number of carbonyl (C=O) groups excluding carboxylic acids is 1. The van der Waals surface area contributed by atoms with Gasteiger partial charge in [-0.3, -0.25) is 4.79 Å². The molecular weight excluding hydrogens is 409 g/mol. The van der Waals surface area contributed by atoms with Crippen molar-refractivity contribution in [3.8, 4) is 0 Å². The number of nitrogens with one attached hydrogen (secondary N) is 1. The van der Waals surface area contributed by atoms with E-state index in [4.69, 9.17) is 0 Å². The molecule has 0 unspecified atom stereocenters. The van der Waals surface area contributed by atoms with Crippen molar-refractivity contribution < 1.29 is 9.36 Å². The molecule has 0 aliphatic rings. The summed E-state index contributed by atoms with van der Waals surface area (Å²) in [7, 11) is 0. The molecule has 4 rings (SSSR count). The van der Waals surface area contributed by atoms with Crippen LogP contribution in [0.15, 0.2) is 120 Å². The minimum Gasteiger partial charge on any atom is -0.321 e. The molecule has 148 valence electrons. The summed E-state index contributed by atoms with van der Waals surface area (Å²) in [5, 5.41) is 4.51. The molecule has 0 heterocycles. The summed E-state index contributed by atoms with van der Waals surface area (Å²) in [5.41, 5.74) is 1.22. The van der Waals surface area contributed by atoms with E-state index in [2.05, 4.69) is 5.32 Å². The Morgan fingerprint density at radius 2 is 1.10 bits per heavy atom. The second-order valence-electron chi connectivity index (χ2n) is 6.63. The van der Waals surface area contributed by atoms with Gasteiger partial charge < -0.3 is 9.88 Å². The Kier molecular flexibility index (Phi) is 6.18. The van der Waals surface area contributed by atoms with Gasteiger partial charge in [-0.25, -0.2) is 0 Å². The normalized spacial score (nSPS) is 11.1. The van der Waals surface area contributed by atoms with Crippen LogP contribution in [0.2, 0.25) is 0 Å². The molecule has 1 amide bonds. The molecule has 3 nitrogen and oxygen atoms in total. The molecule has 0 aromatic heterocycles. The van der Waals surface area contributed by atoms with Gasteiger partial charge in [0.15, 0.2) is 6.34 Å². The molecule has 1 N–H and O–H groups in total. The molecule has 0 spiro atoms. The smallest absolute Gasteiger partial charge is 0.255 e. The number of benzene rings is 4. The van der Waals surface area contributed by atoms with Crippen molar-refractivity contribution in [2.75, 3.05) is 5.32 Å². The largest absolute Gasteiger partial charge is 0.321 e. The van der Waals surface area contributed by atoms with E-state index in [-0.39, 0.29) is 5.91 Å². The summed E-state index contributed by atoms with van der Waals surface area (Å²) in [6.07, 6.45) is -3.02. The van der Waals surface area contributed by atoms with Crippen molar-refractivity contribution in [2.24, 2.45) is 0 Å². The minimum absolute atomic E-state index is 0.196. The second kappa shape index (κ2) is 9.17. The van der Waals surface area contributed by atoms with E-state index in [1.54, 1.807) is 12.1 Å². The van der Waals surface area contributed by atoms with Gasteiger partial charge in [0, 0.05) is 21.1 Å². The van der Waals surface area contributed by atoms with Crippen LogP contribution >= 0.6 is 17.7 Å². The molecule has 0 fully saturated rings. The van der Waals surface area contributed by atoms with Crippen LogP contribution in [-0.4, -0.2) is 5.91 Å². The van der Waals surface area contributed by atoms with Crippen LogP contribution < -0.4 is 15.9 Å². The number of amides is 1. The second-order valence-corrected chi connectivity index (χ2v) is 11.5. The first-order valence-electron chi connectivity index (χ1n) is 9.53. The van der Waals surface area contributed by atoms with Crippen LogP contribution in [0.5, 0.6) is 0 Å². The number of hydrogen-bond acceptors (Lipinski definition) is 3. The zero-order valence-electron chi connectivity index (χ0n) is 16.1. The lowest BCUT2D eigenvalue weighted by molar-refractivity contribution is 0.102.